The first kappa shape index (κ1) is 20.6. The Kier molecular flexibility index (Phi) is 6.93. The average Bonchev–Trinajstić information content (AvgIpc) is 2.72. The lowest BCUT2D eigenvalue weighted by molar-refractivity contribution is 0.249. The second kappa shape index (κ2) is 9.41. The summed E-state index contributed by atoms with van der Waals surface area (Å²) < 4.78 is 38.0. The Balaban J connectivity index is 1.45. The van der Waals surface area contributed by atoms with Gasteiger partial charge in [-0.1, -0.05) is 24.3 Å². The SMILES string of the molecule is COc1ccc(S(=O)(=O)NCCCCN2CCc3ccccc3C2)cc1OC. The third-order valence-electron chi connectivity index (χ3n) is 5.07. The van der Waals surface area contributed by atoms with E-state index in [0.717, 1.165) is 38.9 Å². The van der Waals surface area contributed by atoms with Crippen molar-refractivity contribution in [3.63, 3.8) is 0 Å². The molecule has 0 aliphatic carbocycles. The molecule has 1 aliphatic heterocycles. The molecule has 28 heavy (non-hydrogen) atoms. The average molecular weight is 405 g/mol. The van der Waals surface area contributed by atoms with Gasteiger partial charge < -0.3 is 9.47 Å². The number of rotatable bonds is 9. The minimum Gasteiger partial charge on any atom is -0.493 e. The Bertz CT molecular complexity index is 899. The Morgan fingerprint density at radius 1 is 1.00 bits per heavy atom. The van der Waals surface area contributed by atoms with Gasteiger partial charge in [0, 0.05) is 25.7 Å². The molecule has 0 bridgehead atoms. The second-order valence-electron chi connectivity index (χ2n) is 6.92. The van der Waals surface area contributed by atoms with Crippen LogP contribution in [0.3, 0.4) is 0 Å². The van der Waals surface area contributed by atoms with Crippen molar-refractivity contribution < 1.29 is 17.9 Å². The van der Waals surface area contributed by atoms with E-state index in [1.54, 1.807) is 6.07 Å². The van der Waals surface area contributed by atoms with E-state index in [9.17, 15) is 8.42 Å². The van der Waals surface area contributed by atoms with Crippen LogP contribution in [0.5, 0.6) is 11.5 Å². The first-order chi connectivity index (χ1) is 13.5. The fourth-order valence-corrected chi connectivity index (χ4v) is 4.57. The van der Waals surface area contributed by atoms with Gasteiger partial charge in [-0.05, 0) is 49.1 Å². The molecule has 0 amide bonds. The number of unbranched alkanes of at least 4 members (excludes halogenated alkanes) is 1. The van der Waals surface area contributed by atoms with Gasteiger partial charge in [0.25, 0.3) is 0 Å². The maximum atomic E-state index is 12.5. The number of nitrogens with one attached hydrogen (secondary N) is 1. The molecule has 2 aromatic carbocycles. The van der Waals surface area contributed by atoms with Crippen molar-refractivity contribution in [2.24, 2.45) is 0 Å². The quantitative estimate of drug-likeness (QED) is 0.651. The van der Waals surface area contributed by atoms with Crippen molar-refractivity contribution in [1.29, 1.82) is 0 Å². The van der Waals surface area contributed by atoms with E-state index in [-0.39, 0.29) is 4.90 Å². The first-order valence-electron chi connectivity index (χ1n) is 9.54. The number of methoxy groups -OCH3 is 2. The highest BCUT2D eigenvalue weighted by Gasteiger charge is 2.17. The fraction of sp³-hybridized carbons (Fsp3) is 0.429. The van der Waals surface area contributed by atoms with Gasteiger partial charge >= 0.3 is 0 Å². The number of fused-ring (bicyclic) bond motifs is 1. The van der Waals surface area contributed by atoms with E-state index in [0.29, 0.717) is 18.0 Å². The van der Waals surface area contributed by atoms with Gasteiger partial charge in [0.15, 0.2) is 11.5 Å². The summed E-state index contributed by atoms with van der Waals surface area (Å²) in [6, 6.07) is 13.2. The molecule has 0 radical (unpaired) electrons. The maximum absolute atomic E-state index is 12.5. The molecular formula is C21H28N2O4S. The van der Waals surface area contributed by atoms with E-state index in [1.165, 1.54) is 37.5 Å². The molecule has 1 aliphatic rings. The van der Waals surface area contributed by atoms with Crippen LogP contribution in [0, 0.1) is 0 Å². The Hall–Kier alpha value is -2.09. The molecule has 0 saturated heterocycles. The zero-order valence-corrected chi connectivity index (χ0v) is 17.3. The molecule has 3 rings (SSSR count). The summed E-state index contributed by atoms with van der Waals surface area (Å²) in [5, 5.41) is 0. The Morgan fingerprint density at radius 3 is 2.50 bits per heavy atom. The zero-order chi connectivity index (χ0) is 20.0. The molecule has 1 heterocycles. The summed E-state index contributed by atoms with van der Waals surface area (Å²) in [5.74, 6) is 0.903. The molecule has 6 nitrogen and oxygen atoms in total. The van der Waals surface area contributed by atoms with E-state index in [1.807, 2.05) is 0 Å². The Labute approximate surface area is 167 Å². The molecule has 0 fully saturated rings. The van der Waals surface area contributed by atoms with Crippen molar-refractivity contribution in [2.45, 2.75) is 30.7 Å². The molecule has 0 spiro atoms. The summed E-state index contributed by atoms with van der Waals surface area (Å²) >= 11 is 0. The van der Waals surface area contributed by atoms with Crippen LogP contribution < -0.4 is 14.2 Å². The molecule has 1 N–H and O–H groups in total. The lowest BCUT2D eigenvalue weighted by atomic mass is 10.00. The summed E-state index contributed by atoms with van der Waals surface area (Å²) in [6.07, 6.45) is 2.84. The highest BCUT2D eigenvalue weighted by Crippen LogP contribution is 2.29. The lowest BCUT2D eigenvalue weighted by Gasteiger charge is -2.28. The van der Waals surface area contributed by atoms with Crippen molar-refractivity contribution in [2.75, 3.05) is 33.9 Å². The molecule has 0 atom stereocenters. The number of ether oxygens (including phenoxy) is 2. The monoisotopic (exact) mass is 404 g/mol. The minimum absolute atomic E-state index is 0.179. The number of nitrogens with zero attached hydrogens (tertiary/aromatic N) is 1. The zero-order valence-electron chi connectivity index (χ0n) is 16.5. The highest BCUT2D eigenvalue weighted by molar-refractivity contribution is 7.89. The summed E-state index contributed by atoms with van der Waals surface area (Å²) in [7, 11) is -0.556. The minimum atomic E-state index is -3.56. The number of benzene rings is 2. The van der Waals surface area contributed by atoms with Crippen LogP contribution in [-0.2, 0) is 23.0 Å². The van der Waals surface area contributed by atoms with Crippen LogP contribution in [0.15, 0.2) is 47.4 Å². The summed E-state index contributed by atoms with van der Waals surface area (Å²) in [4.78, 5) is 2.61. The number of sulfonamides is 1. The van der Waals surface area contributed by atoms with Crippen molar-refractivity contribution in [3.05, 3.63) is 53.6 Å². The third-order valence-corrected chi connectivity index (χ3v) is 6.53. The molecule has 0 saturated carbocycles. The normalized spacial score (nSPS) is 14.5. The highest BCUT2D eigenvalue weighted by atomic mass is 32.2. The standard InChI is InChI=1S/C21H28N2O4S/c1-26-20-10-9-19(15-21(20)27-2)28(24,25)22-12-5-6-13-23-14-11-17-7-3-4-8-18(17)16-23/h3-4,7-10,15,22H,5-6,11-14,16H2,1-2H3. The molecular weight excluding hydrogens is 376 g/mol. The largest absolute Gasteiger partial charge is 0.493 e. The topological polar surface area (TPSA) is 67.9 Å². The van der Waals surface area contributed by atoms with Crippen LogP contribution in [0.25, 0.3) is 0 Å². The van der Waals surface area contributed by atoms with Gasteiger partial charge in [-0.2, -0.15) is 0 Å². The van der Waals surface area contributed by atoms with Crippen LogP contribution in [0.2, 0.25) is 0 Å². The molecule has 7 heteroatoms. The molecule has 152 valence electrons. The fourth-order valence-electron chi connectivity index (χ4n) is 3.48. The van der Waals surface area contributed by atoms with Gasteiger partial charge in [0.2, 0.25) is 10.0 Å². The van der Waals surface area contributed by atoms with Crippen LogP contribution in [0.1, 0.15) is 24.0 Å². The number of hydrogen-bond donors (Lipinski definition) is 1. The van der Waals surface area contributed by atoms with Crippen molar-refractivity contribution in [3.8, 4) is 11.5 Å². The van der Waals surface area contributed by atoms with Crippen molar-refractivity contribution in [1.82, 2.24) is 9.62 Å². The molecule has 2 aromatic rings. The summed E-state index contributed by atoms with van der Waals surface area (Å²) in [5.41, 5.74) is 2.85. The molecule has 0 unspecified atom stereocenters. The van der Waals surface area contributed by atoms with E-state index < -0.39 is 10.0 Å². The van der Waals surface area contributed by atoms with E-state index in [2.05, 4.69) is 33.9 Å². The Morgan fingerprint density at radius 2 is 1.75 bits per heavy atom. The van der Waals surface area contributed by atoms with Gasteiger partial charge in [-0.15, -0.1) is 0 Å². The third kappa shape index (κ3) is 5.04. The predicted molar refractivity (Wildman–Crippen MR) is 109 cm³/mol. The molecule has 0 aromatic heterocycles. The van der Waals surface area contributed by atoms with Gasteiger partial charge in [-0.25, -0.2) is 13.1 Å². The smallest absolute Gasteiger partial charge is 0.240 e. The van der Waals surface area contributed by atoms with Crippen molar-refractivity contribution >= 4 is 10.0 Å². The van der Waals surface area contributed by atoms with Crippen LogP contribution in [-0.4, -0.2) is 47.2 Å². The number of hydrogen-bond acceptors (Lipinski definition) is 5. The van der Waals surface area contributed by atoms with E-state index >= 15 is 0 Å². The van der Waals surface area contributed by atoms with Gasteiger partial charge in [0.05, 0.1) is 19.1 Å². The van der Waals surface area contributed by atoms with E-state index in [4.69, 9.17) is 9.47 Å². The van der Waals surface area contributed by atoms with Crippen LogP contribution in [0.4, 0.5) is 0 Å². The first-order valence-corrected chi connectivity index (χ1v) is 11.0. The summed E-state index contributed by atoms with van der Waals surface area (Å²) in [6.45, 7) is 3.44. The van der Waals surface area contributed by atoms with Gasteiger partial charge in [0.1, 0.15) is 0 Å². The maximum Gasteiger partial charge on any atom is 0.240 e. The second-order valence-corrected chi connectivity index (χ2v) is 8.68. The van der Waals surface area contributed by atoms with Gasteiger partial charge in [-0.3, -0.25) is 4.90 Å². The predicted octanol–water partition coefficient (Wildman–Crippen LogP) is 2.82. The van der Waals surface area contributed by atoms with Crippen LogP contribution >= 0.6 is 0 Å². The lowest BCUT2D eigenvalue weighted by Crippen LogP contribution is -2.32.